The predicted molar refractivity (Wildman–Crippen MR) is 186 cm³/mol. The third-order valence-electron chi connectivity index (χ3n) is 9.07. The maximum Gasteiger partial charge on any atom is 0.252 e. The Morgan fingerprint density at radius 1 is 0.917 bits per heavy atom. The molecule has 0 unspecified atom stereocenters. The summed E-state index contributed by atoms with van der Waals surface area (Å²) < 4.78 is 22.7. The van der Waals surface area contributed by atoms with Crippen LogP contribution in [-0.4, -0.2) is 80.3 Å². The fourth-order valence-corrected chi connectivity index (χ4v) is 7.29. The summed E-state index contributed by atoms with van der Waals surface area (Å²) in [7, 11) is 3.22. The Kier molecular flexibility index (Phi) is 10.4. The molecule has 1 saturated carbocycles. The van der Waals surface area contributed by atoms with Gasteiger partial charge in [0.05, 0.1) is 30.3 Å². The zero-order valence-corrected chi connectivity index (χ0v) is 29.2. The fraction of sp³-hybridized carbons (Fsp3) is 0.405. The van der Waals surface area contributed by atoms with Gasteiger partial charge in [0, 0.05) is 44.2 Å². The van der Waals surface area contributed by atoms with Crippen molar-refractivity contribution in [3.63, 3.8) is 0 Å². The van der Waals surface area contributed by atoms with Crippen LogP contribution in [0.2, 0.25) is 10.0 Å². The average Bonchev–Trinajstić information content (AvgIpc) is 3.91. The van der Waals surface area contributed by atoms with Gasteiger partial charge < -0.3 is 34.1 Å². The molecule has 1 N–H and O–H groups in total. The number of amides is 2. The van der Waals surface area contributed by atoms with Crippen molar-refractivity contribution in [1.29, 1.82) is 0 Å². The van der Waals surface area contributed by atoms with E-state index in [9.17, 15) is 9.59 Å². The molecular formula is C37H41Cl2N3O6. The van der Waals surface area contributed by atoms with Crippen molar-refractivity contribution >= 4 is 40.6 Å². The van der Waals surface area contributed by atoms with Crippen molar-refractivity contribution in [2.24, 2.45) is 0 Å². The first kappa shape index (κ1) is 34.0. The summed E-state index contributed by atoms with van der Waals surface area (Å²) in [6.45, 7) is 5.58. The first-order valence-corrected chi connectivity index (χ1v) is 17.0. The zero-order chi connectivity index (χ0) is 33.9. The molecule has 2 fully saturated rings. The third-order valence-corrected chi connectivity index (χ3v) is 9.64. The minimum absolute atomic E-state index is 0.00506. The molecule has 11 heteroatoms. The molecular weight excluding hydrogens is 653 g/mol. The Balaban J connectivity index is 1.23. The molecule has 2 atom stereocenters. The number of methoxy groups -OCH3 is 2. The molecule has 0 spiro atoms. The van der Waals surface area contributed by atoms with Gasteiger partial charge >= 0.3 is 0 Å². The lowest BCUT2D eigenvalue weighted by molar-refractivity contribution is -0.132. The lowest BCUT2D eigenvalue weighted by Crippen LogP contribution is -2.61. The van der Waals surface area contributed by atoms with E-state index in [1.807, 2.05) is 71.3 Å². The van der Waals surface area contributed by atoms with Crippen LogP contribution < -0.4 is 24.3 Å². The fourth-order valence-electron chi connectivity index (χ4n) is 6.59. The van der Waals surface area contributed by atoms with E-state index in [0.29, 0.717) is 65.7 Å². The molecule has 3 aliphatic rings. The normalized spacial score (nSPS) is 18.8. The summed E-state index contributed by atoms with van der Waals surface area (Å²) in [6.07, 6.45) is 2.54. The number of nitrogens with one attached hydrogen (secondary N) is 1. The number of piperazine rings is 1. The Hall–Kier alpha value is -3.92. The van der Waals surface area contributed by atoms with Crippen molar-refractivity contribution in [1.82, 2.24) is 15.1 Å². The highest BCUT2D eigenvalue weighted by Gasteiger charge is 2.43. The molecule has 3 aromatic carbocycles. The molecule has 0 radical (unpaired) electrons. The van der Waals surface area contributed by atoms with Crippen LogP contribution in [0, 0.1) is 6.92 Å². The quantitative estimate of drug-likeness (QED) is 0.222. The van der Waals surface area contributed by atoms with Crippen LogP contribution in [0.25, 0.3) is 5.57 Å². The summed E-state index contributed by atoms with van der Waals surface area (Å²) in [5.74, 6) is 2.41. The van der Waals surface area contributed by atoms with Gasteiger partial charge in [0.1, 0.15) is 19.0 Å². The molecule has 2 bridgehead atoms. The number of rotatable bonds is 12. The lowest BCUT2D eigenvalue weighted by Gasteiger charge is -2.44. The highest BCUT2D eigenvalue weighted by atomic mass is 35.5. The number of halogens is 2. The van der Waals surface area contributed by atoms with Gasteiger partial charge in [-0.15, -0.1) is 0 Å². The standard InChI is InChI=1S/C37H41Cl2N3O6/c1-22-15-30(38)36(31(39)16-22)48-14-13-47-28-10-6-25(7-11-28)29-18-26-20-41(23(2)43)21-32(40-26)35(29)37(44)42(27-8-9-27)19-24-5-12-33(45-3)34(17-24)46-4/h5-7,10-12,15-17,26-27,32,40H,8-9,13-14,18-21H2,1-4H3/t26-,32-/m1/s1. The number of benzene rings is 3. The SMILES string of the molecule is COc1ccc(CN(C(=O)C2=C(c3ccc(OCCOc4c(Cl)cc(C)cc4Cl)cc3)C[C@@H]3CN(C(C)=O)C[C@H]2N3)C2CC2)cc1OC. The summed E-state index contributed by atoms with van der Waals surface area (Å²) in [6, 6.07) is 17.2. The summed E-state index contributed by atoms with van der Waals surface area (Å²) >= 11 is 12.6. The predicted octanol–water partition coefficient (Wildman–Crippen LogP) is 6.31. The molecule has 0 aromatic heterocycles. The third kappa shape index (κ3) is 7.53. The Labute approximate surface area is 291 Å². The second kappa shape index (κ2) is 14.7. The minimum Gasteiger partial charge on any atom is -0.493 e. The molecule has 2 heterocycles. The highest BCUT2D eigenvalue weighted by Crippen LogP contribution is 2.39. The van der Waals surface area contributed by atoms with Gasteiger partial charge in [-0.05, 0) is 84.8 Å². The van der Waals surface area contributed by atoms with E-state index in [4.69, 9.17) is 42.1 Å². The molecule has 254 valence electrons. The van der Waals surface area contributed by atoms with E-state index in [2.05, 4.69) is 5.32 Å². The van der Waals surface area contributed by atoms with Crippen molar-refractivity contribution in [3.8, 4) is 23.0 Å². The van der Waals surface area contributed by atoms with E-state index in [1.165, 1.54) is 0 Å². The van der Waals surface area contributed by atoms with E-state index >= 15 is 0 Å². The number of nitrogens with zero attached hydrogens (tertiary/aromatic N) is 2. The van der Waals surface area contributed by atoms with Gasteiger partial charge in [0.15, 0.2) is 17.2 Å². The molecule has 48 heavy (non-hydrogen) atoms. The lowest BCUT2D eigenvalue weighted by atomic mass is 9.82. The van der Waals surface area contributed by atoms with E-state index in [1.54, 1.807) is 21.1 Å². The van der Waals surface area contributed by atoms with Crippen molar-refractivity contribution in [2.45, 2.75) is 57.8 Å². The summed E-state index contributed by atoms with van der Waals surface area (Å²) in [5, 5.41) is 4.58. The van der Waals surface area contributed by atoms with Crippen molar-refractivity contribution in [2.75, 3.05) is 40.5 Å². The molecule has 2 aliphatic heterocycles. The van der Waals surface area contributed by atoms with E-state index in [0.717, 1.165) is 40.7 Å². The van der Waals surface area contributed by atoms with Crippen LogP contribution >= 0.6 is 23.2 Å². The Bertz CT molecular complexity index is 1680. The van der Waals surface area contributed by atoms with Crippen LogP contribution in [0.15, 0.2) is 60.2 Å². The maximum atomic E-state index is 14.7. The van der Waals surface area contributed by atoms with Gasteiger partial charge in [-0.3, -0.25) is 9.59 Å². The van der Waals surface area contributed by atoms with Crippen LogP contribution in [0.4, 0.5) is 0 Å². The number of aryl methyl sites for hydroxylation is 1. The Morgan fingerprint density at radius 2 is 1.60 bits per heavy atom. The first-order valence-electron chi connectivity index (χ1n) is 16.2. The van der Waals surface area contributed by atoms with Gasteiger partial charge in [0.25, 0.3) is 5.91 Å². The number of fused-ring (bicyclic) bond motifs is 2. The number of hydrogen-bond donors (Lipinski definition) is 1. The molecule has 1 saturated heterocycles. The van der Waals surface area contributed by atoms with Gasteiger partial charge in [-0.2, -0.15) is 0 Å². The topological polar surface area (TPSA) is 89.6 Å². The van der Waals surface area contributed by atoms with Crippen LogP contribution in [0.1, 0.15) is 42.9 Å². The van der Waals surface area contributed by atoms with Crippen molar-refractivity contribution < 1.29 is 28.5 Å². The second-order valence-corrected chi connectivity index (χ2v) is 13.4. The monoisotopic (exact) mass is 693 g/mol. The van der Waals surface area contributed by atoms with E-state index < -0.39 is 0 Å². The number of hydrogen-bond acceptors (Lipinski definition) is 7. The van der Waals surface area contributed by atoms with Crippen LogP contribution in [-0.2, 0) is 16.1 Å². The molecule has 1 aliphatic carbocycles. The second-order valence-electron chi connectivity index (χ2n) is 12.6. The number of ether oxygens (including phenoxy) is 4. The number of carbonyl (C=O) groups is 2. The first-order chi connectivity index (χ1) is 23.1. The molecule has 2 amide bonds. The summed E-state index contributed by atoms with van der Waals surface area (Å²) in [4.78, 5) is 31.0. The molecule has 9 nitrogen and oxygen atoms in total. The van der Waals surface area contributed by atoms with Crippen LogP contribution in [0.5, 0.6) is 23.0 Å². The summed E-state index contributed by atoms with van der Waals surface area (Å²) in [5.41, 5.74) is 4.62. The van der Waals surface area contributed by atoms with Gasteiger partial charge in [-0.1, -0.05) is 41.4 Å². The largest absolute Gasteiger partial charge is 0.493 e. The number of carbonyl (C=O) groups excluding carboxylic acids is 2. The van der Waals surface area contributed by atoms with Gasteiger partial charge in [-0.25, -0.2) is 0 Å². The Morgan fingerprint density at radius 3 is 2.25 bits per heavy atom. The van der Waals surface area contributed by atoms with Crippen molar-refractivity contribution in [3.05, 3.63) is 86.9 Å². The smallest absolute Gasteiger partial charge is 0.252 e. The average molecular weight is 695 g/mol. The molecule has 3 aromatic rings. The van der Waals surface area contributed by atoms with Crippen LogP contribution in [0.3, 0.4) is 0 Å². The molecule has 6 rings (SSSR count). The zero-order valence-electron chi connectivity index (χ0n) is 27.7. The highest BCUT2D eigenvalue weighted by molar-refractivity contribution is 6.37. The maximum absolute atomic E-state index is 14.7. The van der Waals surface area contributed by atoms with E-state index in [-0.39, 0.29) is 36.5 Å². The van der Waals surface area contributed by atoms with Gasteiger partial charge in [0.2, 0.25) is 5.91 Å². The minimum atomic E-state index is -0.274.